The molecule has 42 heavy (non-hydrogen) atoms. The molecule has 0 spiro atoms. The van der Waals surface area contributed by atoms with Crippen molar-refractivity contribution in [2.45, 2.75) is 19.3 Å². The fourth-order valence-corrected chi connectivity index (χ4v) is 7.56. The minimum atomic E-state index is -0.261. The Morgan fingerprint density at radius 2 is 1.40 bits per heavy atom. The topological polar surface area (TPSA) is 43.6 Å². The van der Waals surface area contributed by atoms with Gasteiger partial charge in [0.2, 0.25) is 0 Å². The molecule has 4 heterocycles. The lowest BCUT2D eigenvalue weighted by molar-refractivity contribution is 0.635. The van der Waals surface area contributed by atoms with Crippen LogP contribution in [0.5, 0.6) is 0 Å². The van der Waals surface area contributed by atoms with Gasteiger partial charge in [0.15, 0.2) is 5.82 Å². The lowest BCUT2D eigenvalue weighted by Crippen LogP contribution is -2.18. The Hall–Kier alpha value is -5.35. The van der Waals surface area contributed by atoms with Gasteiger partial charge in [0.05, 0.1) is 27.9 Å². The van der Waals surface area contributed by atoms with Crippen molar-refractivity contribution in [3.63, 3.8) is 0 Å². The zero-order chi connectivity index (χ0) is 27.7. The molecule has 5 aromatic carbocycles. The van der Waals surface area contributed by atoms with E-state index in [0.717, 1.165) is 44.9 Å². The Morgan fingerprint density at radius 3 is 2.33 bits per heavy atom. The van der Waals surface area contributed by atoms with E-state index in [1.54, 1.807) is 0 Å². The lowest BCUT2D eigenvalue weighted by Gasteiger charge is -2.21. The highest BCUT2D eigenvalue weighted by Crippen LogP contribution is 2.52. The maximum absolute atomic E-state index is 5.59. The molecule has 0 atom stereocenters. The van der Waals surface area contributed by atoms with Gasteiger partial charge in [-0.1, -0.05) is 86.6 Å². The Kier molecular flexibility index (Phi) is 3.98. The number of hydrogen-bond donors (Lipinski definition) is 0. The molecule has 0 bridgehead atoms. The van der Waals surface area contributed by atoms with Crippen LogP contribution in [0.4, 0.5) is 0 Å². The van der Waals surface area contributed by atoms with E-state index in [0.29, 0.717) is 0 Å². The molecule has 4 nitrogen and oxygen atoms in total. The molecule has 1 aliphatic heterocycles. The fraction of sp³-hybridized carbons (Fsp3) is 0.0789. The van der Waals surface area contributed by atoms with Crippen LogP contribution in [-0.4, -0.2) is 19.5 Å². The molecule has 0 unspecified atom stereocenters. The highest BCUT2D eigenvalue weighted by molar-refractivity contribution is 6.23. The summed E-state index contributed by atoms with van der Waals surface area (Å²) in [6.45, 7) is 4.54. The minimum absolute atomic E-state index is 0.261. The third kappa shape index (κ3) is 2.61. The summed E-state index contributed by atoms with van der Waals surface area (Å²) in [4.78, 5) is 15.9. The second-order valence-corrected chi connectivity index (χ2v) is 12.1. The van der Waals surface area contributed by atoms with Gasteiger partial charge in [-0.05, 0) is 52.2 Å². The average molecular weight is 537 g/mol. The van der Waals surface area contributed by atoms with Crippen molar-refractivity contribution in [2.75, 3.05) is 0 Å². The predicted molar refractivity (Wildman–Crippen MR) is 171 cm³/mol. The first kappa shape index (κ1) is 22.4. The van der Waals surface area contributed by atoms with E-state index in [9.17, 15) is 0 Å². The van der Waals surface area contributed by atoms with Gasteiger partial charge in [-0.3, -0.25) is 9.55 Å². The first-order valence-electron chi connectivity index (χ1n) is 14.5. The summed E-state index contributed by atoms with van der Waals surface area (Å²) in [5.41, 5.74) is 11.8. The van der Waals surface area contributed by atoms with Crippen molar-refractivity contribution in [1.29, 1.82) is 0 Å². The maximum atomic E-state index is 5.59. The van der Waals surface area contributed by atoms with Crippen LogP contribution in [-0.2, 0) is 5.41 Å². The van der Waals surface area contributed by atoms with Crippen molar-refractivity contribution in [1.82, 2.24) is 19.5 Å². The summed E-state index contributed by atoms with van der Waals surface area (Å²) in [7, 11) is 0. The average Bonchev–Trinajstić information content (AvgIpc) is 3.42. The molecule has 10 rings (SSSR count). The summed E-state index contributed by atoms with van der Waals surface area (Å²) in [5.74, 6) is 0.873. The van der Waals surface area contributed by atoms with Gasteiger partial charge in [-0.2, -0.15) is 0 Å². The molecule has 4 heteroatoms. The van der Waals surface area contributed by atoms with Crippen LogP contribution in [0.1, 0.15) is 25.1 Å². The number of hydrogen-bond acceptors (Lipinski definition) is 3. The number of para-hydroxylation sites is 1. The molecule has 0 N–H and O–H groups in total. The van der Waals surface area contributed by atoms with Crippen LogP contribution in [0.15, 0.2) is 109 Å². The number of pyridine rings is 1. The Bertz CT molecular complexity index is 2500. The van der Waals surface area contributed by atoms with Crippen LogP contribution < -0.4 is 0 Å². The molecule has 8 aromatic rings. The summed E-state index contributed by atoms with van der Waals surface area (Å²) in [6, 6.07) is 37.1. The molecule has 1 aliphatic carbocycles. The second kappa shape index (κ2) is 7.48. The summed E-state index contributed by atoms with van der Waals surface area (Å²) >= 11 is 0. The molecular formula is C38H24N4. The molecule has 0 amide bonds. The molecular weight excluding hydrogens is 512 g/mol. The number of nitrogens with zero attached hydrogens (tertiary/aromatic N) is 4. The smallest absolute Gasteiger partial charge is 0.165 e. The largest absolute Gasteiger partial charge is 0.291 e. The highest BCUT2D eigenvalue weighted by atomic mass is 15.1. The number of aromatic nitrogens is 4. The predicted octanol–water partition coefficient (Wildman–Crippen LogP) is 9.23. The second-order valence-electron chi connectivity index (χ2n) is 12.1. The van der Waals surface area contributed by atoms with Gasteiger partial charge in [-0.25, -0.2) is 9.97 Å². The highest BCUT2D eigenvalue weighted by Gasteiger charge is 2.40. The van der Waals surface area contributed by atoms with Gasteiger partial charge in [0.1, 0.15) is 5.69 Å². The van der Waals surface area contributed by atoms with Crippen molar-refractivity contribution in [3.05, 3.63) is 121 Å². The Balaban J connectivity index is 1.50. The van der Waals surface area contributed by atoms with Gasteiger partial charge in [0, 0.05) is 44.5 Å². The zero-order valence-corrected chi connectivity index (χ0v) is 23.2. The normalized spacial score (nSPS) is 14.1. The van der Waals surface area contributed by atoms with Gasteiger partial charge in [0.25, 0.3) is 0 Å². The van der Waals surface area contributed by atoms with Crippen molar-refractivity contribution >= 4 is 43.5 Å². The van der Waals surface area contributed by atoms with E-state index in [1.165, 1.54) is 49.3 Å². The Labute approximate surface area is 241 Å². The van der Waals surface area contributed by atoms with Crippen LogP contribution in [0.3, 0.4) is 0 Å². The Morgan fingerprint density at radius 1 is 0.619 bits per heavy atom. The molecule has 0 saturated carbocycles. The number of benzene rings is 5. The van der Waals surface area contributed by atoms with E-state index < -0.39 is 0 Å². The summed E-state index contributed by atoms with van der Waals surface area (Å²) in [6.07, 6.45) is 1.87. The van der Waals surface area contributed by atoms with Crippen LogP contribution in [0.2, 0.25) is 0 Å². The van der Waals surface area contributed by atoms with E-state index in [1.807, 2.05) is 12.3 Å². The quantitative estimate of drug-likeness (QED) is 0.194. The van der Waals surface area contributed by atoms with Gasteiger partial charge >= 0.3 is 0 Å². The first-order valence-corrected chi connectivity index (χ1v) is 14.5. The standard InChI is InChI=1S/C38H24N4/c1-38(2)29-15-7-5-14-25(29)33-36(38)40-34-27-20-30-22(11-9-17-39-30)19-26(27)32-23-12-4-3-10-21(23)18-28-24-13-6-8-16-31(24)42(35(28)32)37(34)41-33/h3-20H,1-2H3. The maximum Gasteiger partial charge on any atom is 0.165 e. The van der Waals surface area contributed by atoms with Crippen LogP contribution in [0, 0.1) is 0 Å². The van der Waals surface area contributed by atoms with Crippen molar-refractivity contribution < 1.29 is 0 Å². The monoisotopic (exact) mass is 536 g/mol. The van der Waals surface area contributed by atoms with Crippen molar-refractivity contribution in [2.24, 2.45) is 0 Å². The SMILES string of the molecule is CC1(C)c2ccccc2-c2nc3c(nc21)-c1cc2ncccc2cc1-c1c2ccccc2cc2c4ccccc4n-3c12. The van der Waals surface area contributed by atoms with E-state index in [-0.39, 0.29) is 5.41 Å². The third-order valence-electron chi connectivity index (χ3n) is 9.48. The molecule has 2 aliphatic rings. The van der Waals surface area contributed by atoms with Crippen molar-refractivity contribution in [3.8, 4) is 39.5 Å². The summed E-state index contributed by atoms with van der Waals surface area (Å²) in [5, 5.41) is 6.02. The molecule has 196 valence electrons. The van der Waals surface area contributed by atoms with E-state index in [2.05, 4.69) is 115 Å². The number of fused-ring (bicyclic) bond motifs is 14. The van der Waals surface area contributed by atoms with Crippen LogP contribution in [0.25, 0.3) is 82.9 Å². The fourth-order valence-electron chi connectivity index (χ4n) is 7.56. The van der Waals surface area contributed by atoms with E-state index >= 15 is 0 Å². The van der Waals surface area contributed by atoms with Gasteiger partial charge < -0.3 is 0 Å². The molecule has 0 saturated heterocycles. The number of rotatable bonds is 0. The van der Waals surface area contributed by atoms with E-state index in [4.69, 9.17) is 15.0 Å². The molecule has 0 radical (unpaired) electrons. The molecule has 3 aromatic heterocycles. The summed E-state index contributed by atoms with van der Waals surface area (Å²) < 4.78 is 2.38. The zero-order valence-electron chi connectivity index (χ0n) is 23.2. The van der Waals surface area contributed by atoms with Gasteiger partial charge in [-0.15, -0.1) is 0 Å². The molecule has 0 fully saturated rings. The minimum Gasteiger partial charge on any atom is -0.291 e. The third-order valence-corrected chi connectivity index (χ3v) is 9.48. The first-order chi connectivity index (χ1) is 20.6. The van der Waals surface area contributed by atoms with Crippen LogP contribution >= 0.6 is 0 Å². The lowest BCUT2D eigenvalue weighted by atomic mass is 9.85.